The van der Waals surface area contributed by atoms with Gasteiger partial charge in [-0.2, -0.15) is 0 Å². The average molecular weight is 449 g/mol. The zero-order valence-electron chi connectivity index (χ0n) is 17.9. The number of methoxy groups -OCH3 is 1. The predicted octanol–water partition coefficient (Wildman–Crippen LogP) is 4.42. The Kier molecular flexibility index (Phi) is 6.01. The molecule has 32 heavy (non-hydrogen) atoms. The number of carbonyl (C=O) groups is 1. The Hall–Kier alpha value is -3.58. The van der Waals surface area contributed by atoms with E-state index in [0.717, 1.165) is 16.6 Å². The summed E-state index contributed by atoms with van der Waals surface area (Å²) >= 11 is 0. The third-order valence-corrected chi connectivity index (χ3v) is 7.02. The van der Waals surface area contributed by atoms with E-state index in [1.807, 2.05) is 47.9 Å². The number of aromatic nitrogens is 1. The molecular weight excluding hydrogens is 424 g/mol. The van der Waals surface area contributed by atoms with Crippen molar-refractivity contribution in [2.24, 2.45) is 0 Å². The smallest absolute Gasteiger partial charge is 0.239 e. The summed E-state index contributed by atoms with van der Waals surface area (Å²) in [5.41, 5.74) is 3.56. The minimum absolute atomic E-state index is 0.159. The SMILES string of the molecule is COc1ccc(NC(=O)CS(=O)(=O)c2cn(Cc3ccccc3C)c3ccccc23)cc1. The maximum absolute atomic E-state index is 13.2. The van der Waals surface area contributed by atoms with Crippen molar-refractivity contribution < 1.29 is 17.9 Å². The number of para-hydroxylation sites is 1. The van der Waals surface area contributed by atoms with Crippen LogP contribution in [0, 0.1) is 6.92 Å². The van der Waals surface area contributed by atoms with E-state index in [0.29, 0.717) is 23.4 Å². The monoisotopic (exact) mass is 448 g/mol. The third-order valence-electron chi connectivity index (χ3n) is 5.38. The summed E-state index contributed by atoms with van der Waals surface area (Å²) in [7, 11) is -2.31. The normalized spacial score (nSPS) is 11.4. The van der Waals surface area contributed by atoms with E-state index in [4.69, 9.17) is 4.74 Å². The average Bonchev–Trinajstić information content (AvgIpc) is 3.15. The number of hydrogen-bond acceptors (Lipinski definition) is 4. The van der Waals surface area contributed by atoms with Gasteiger partial charge in [0.15, 0.2) is 9.84 Å². The summed E-state index contributed by atoms with van der Waals surface area (Å²) in [5, 5.41) is 3.25. The van der Waals surface area contributed by atoms with E-state index >= 15 is 0 Å². The van der Waals surface area contributed by atoms with Crippen molar-refractivity contribution in [2.75, 3.05) is 18.2 Å². The largest absolute Gasteiger partial charge is 0.497 e. The first-order valence-electron chi connectivity index (χ1n) is 10.2. The number of ether oxygens (including phenoxy) is 1. The quantitative estimate of drug-likeness (QED) is 0.454. The second-order valence-corrected chi connectivity index (χ2v) is 9.56. The van der Waals surface area contributed by atoms with Crippen molar-refractivity contribution in [3.05, 3.63) is 90.1 Å². The van der Waals surface area contributed by atoms with Crippen LogP contribution in [0.15, 0.2) is 83.9 Å². The van der Waals surface area contributed by atoms with Crippen LogP contribution in [0.25, 0.3) is 10.9 Å². The standard InChI is InChI=1S/C25H24N2O4S/c1-18-7-3-4-8-19(18)15-27-16-24(22-9-5-6-10-23(22)27)32(29,30)17-25(28)26-20-11-13-21(31-2)14-12-20/h3-14,16H,15,17H2,1-2H3,(H,26,28). The Balaban J connectivity index is 1.61. The van der Waals surface area contributed by atoms with Crippen LogP contribution in [-0.4, -0.2) is 31.8 Å². The fourth-order valence-electron chi connectivity index (χ4n) is 3.68. The molecule has 0 aliphatic heterocycles. The van der Waals surface area contributed by atoms with Crippen molar-refractivity contribution in [2.45, 2.75) is 18.4 Å². The number of amides is 1. The van der Waals surface area contributed by atoms with E-state index in [2.05, 4.69) is 5.32 Å². The van der Waals surface area contributed by atoms with Gasteiger partial charge in [-0.15, -0.1) is 0 Å². The number of aryl methyl sites for hydroxylation is 1. The number of fused-ring (bicyclic) bond motifs is 1. The molecule has 4 rings (SSSR count). The minimum Gasteiger partial charge on any atom is -0.497 e. The number of hydrogen-bond donors (Lipinski definition) is 1. The molecule has 0 saturated carbocycles. The van der Waals surface area contributed by atoms with Crippen molar-refractivity contribution in [3.63, 3.8) is 0 Å². The first-order valence-corrected chi connectivity index (χ1v) is 11.8. The van der Waals surface area contributed by atoms with Gasteiger partial charge in [0.2, 0.25) is 5.91 Å². The van der Waals surface area contributed by atoms with Crippen LogP contribution in [0.4, 0.5) is 5.69 Å². The topological polar surface area (TPSA) is 77.4 Å². The van der Waals surface area contributed by atoms with E-state index < -0.39 is 21.5 Å². The molecule has 1 aromatic heterocycles. The van der Waals surface area contributed by atoms with Gasteiger partial charge in [0.1, 0.15) is 11.5 Å². The molecule has 3 aromatic carbocycles. The highest BCUT2D eigenvalue weighted by Gasteiger charge is 2.24. The number of rotatable bonds is 7. The second kappa shape index (κ2) is 8.88. The Labute approximate surface area is 187 Å². The molecule has 6 nitrogen and oxygen atoms in total. The van der Waals surface area contributed by atoms with E-state index in [9.17, 15) is 13.2 Å². The van der Waals surface area contributed by atoms with E-state index in [1.165, 1.54) is 0 Å². The molecule has 1 heterocycles. The molecule has 0 saturated heterocycles. The van der Waals surface area contributed by atoms with Crippen LogP contribution in [-0.2, 0) is 21.2 Å². The summed E-state index contributed by atoms with van der Waals surface area (Å²) < 4.78 is 33.4. The number of sulfone groups is 1. The molecule has 0 fully saturated rings. The Bertz CT molecular complexity index is 1370. The first-order chi connectivity index (χ1) is 15.4. The van der Waals surface area contributed by atoms with Gasteiger partial charge in [0.05, 0.1) is 12.0 Å². The van der Waals surface area contributed by atoms with Gasteiger partial charge in [0.25, 0.3) is 0 Å². The zero-order valence-corrected chi connectivity index (χ0v) is 18.7. The lowest BCUT2D eigenvalue weighted by Crippen LogP contribution is -2.23. The second-order valence-electron chi connectivity index (χ2n) is 7.60. The van der Waals surface area contributed by atoms with Crippen LogP contribution in [0.2, 0.25) is 0 Å². The molecule has 0 aliphatic rings. The maximum atomic E-state index is 13.2. The molecular formula is C25H24N2O4S. The molecule has 0 aliphatic carbocycles. The lowest BCUT2D eigenvalue weighted by Gasteiger charge is -2.08. The Morgan fingerprint density at radius 1 is 0.969 bits per heavy atom. The highest BCUT2D eigenvalue weighted by atomic mass is 32.2. The molecule has 0 bridgehead atoms. The minimum atomic E-state index is -3.86. The molecule has 4 aromatic rings. The fourth-order valence-corrected chi connectivity index (χ4v) is 5.05. The third kappa shape index (κ3) is 4.53. The predicted molar refractivity (Wildman–Crippen MR) is 126 cm³/mol. The molecule has 0 radical (unpaired) electrons. The summed E-state index contributed by atoms with van der Waals surface area (Å²) in [4.78, 5) is 12.7. The van der Waals surface area contributed by atoms with Crippen molar-refractivity contribution in [3.8, 4) is 5.75 Å². The summed E-state index contributed by atoms with van der Waals surface area (Å²) in [6.07, 6.45) is 1.63. The lowest BCUT2D eigenvalue weighted by atomic mass is 10.1. The van der Waals surface area contributed by atoms with Crippen LogP contribution in [0.5, 0.6) is 5.75 Å². The van der Waals surface area contributed by atoms with Gasteiger partial charge in [-0.25, -0.2) is 8.42 Å². The number of nitrogens with zero attached hydrogens (tertiary/aromatic N) is 1. The number of nitrogens with one attached hydrogen (secondary N) is 1. The van der Waals surface area contributed by atoms with Gasteiger partial charge in [-0.3, -0.25) is 4.79 Å². The maximum Gasteiger partial charge on any atom is 0.239 e. The molecule has 0 unspecified atom stereocenters. The van der Waals surface area contributed by atoms with Crippen LogP contribution in [0.1, 0.15) is 11.1 Å². The first kappa shape index (κ1) is 21.6. The van der Waals surface area contributed by atoms with Crippen LogP contribution < -0.4 is 10.1 Å². The molecule has 0 spiro atoms. The lowest BCUT2D eigenvalue weighted by molar-refractivity contribution is -0.113. The zero-order chi connectivity index (χ0) is 22.7. The van der Waals surface area contributed by atoms with Crippen molar-refractivity contribution in [1.29, 1.82) is 0 Å². The summed E-state index contributed by atoms with van der Waals surface area (Å²) in [6, 6.07) is 22.1. The van der Waals surface area contributed by atoms with E-state index in [1.54, 1.807) is 49.7 Å². The molecule has 1 amide bonds. The van der Waals surface area contributed by atoms with Crippen LogP contribution in [0.3, 0.4) is 0 Å². The number of benzene rings is 3. The summed E-state index contributed by atoms with van der Waals surface area (Å²) in [5.74, 6) is -0.583. The van der Waals surface area contributed by atoms with Gasteiger partial charge in [-0.1, -0.05) is 42.5 Å². The van der Waals surface area contributed by atoms with Gasteiger partial charge in [-0.05, 0) is 48.4 Å². The molecule has 0 atom stereocenters. The van der Waals surface area contributed by atoms with Crippen molar-refractivity contribution >= 4 is 32.3 Å². The Morgan fingerprint density at radius 3 is 2.38 bits per heavy atom. The van der Waals surface area contributed by atoms with E-state index in [-0.39, 0.29) is 4.90 Å². The van der Waals surface area contributed by atoms with Gasteiger partial charge in [0, 0.05) is 29.3 Å². The molecule has 164 valence electrons. The van der Waals surface area contributed by atoms with Crippen molar-refractivity contribution in [1.82, 2.24) is 4.57 Å². The number of anilines is 1. The summed E-state index contributed by atoms with van der Waals surface area (Å²) in [6.45, 7) is 2.57. The Morgan fingerprint density at radius 2 is 1.66 bits per heavy atom. The van der Waals surface area contributed by atoms with Crippen LogP contribution >= 0.6 is 0 Å². The highest BCUT2D eigenvalue weighted by Crippen LogP contribution is 2.28. The molecule has 7 heteroatoms. The number of carbonyl (C=O) groups excluding carboxylic acids is 1. The fraction of sp³-hybridized carbons (Fsp3) is 0.160. The highest BCUT2D eigenvalue weighted by molar-refractivity contribution is 7.92. The molecule has 1 N–H and O–H groups in total. The van der Waals surface area contributed by atoms with Gasteiger partial charge >= 0.3 is 0 Å². The van der Waals surface area contributed by atoms with Gasteiger partial charge < -0.3 is 14.6 Å².